The summed E-state index contributed by atoms with van der Waals surface area (Å²) in [6.45, 7) is 5.35. The first-order valence-corrected chi connectivity index (χ1v) is 9.05. The predicted molar refractivity (Wildman–Crippen MR) is 103 cm³/mol. The maximum absolute atomic E-state index is 13.8. The summed E-state index contributed by atoms with van der Waals surface area (Å²) in [5.74, 6) is -0.781. The fraction of sp³-hybridized carbons (Fsp3) is 0.333. The van der Waals surface area contributed by atoms with E-state index in [9.17, 15) is 14.0 Å². The molecule has 1 aliphatic rings. The first kappa shape index (κ1) is 18.9. The number of hydrogen-bond donors (Lipinski definition) is 1. The largest absolute Gasteiger partial charge is 0.478 e. The van der Waals surface area contributed by atoms with Crippen LogP contribution in [0, 0.1) is 5.82 Å². The summed E-state index contributed by atoms with van der Waals surface area (Å²) >= 11 is 0. The van der Waals surface area contributed by atoms with Crippen LogP contribution in [0.1, 0.15) is 32.8 Å². The van der Waals surface area contributed by atoms with E-state index < -0.39 is 11.9 Å². The zero-order chi connectivity index (χ0) is 19.6. The van der Waals surface area contributed by atoms with E-state index in [1.807, 2.05) is 19.1 Å². The molecule has 2 amide bonds. The molecule has 5 nitrogen and oxygen atoms in total. The van der Waals surface area contributed by atoms with Crippen molar-refractivity contribution in [3.63, 3.8) is 0 Å². The van der Waals surface area contributed by atoms with Crippen LogP contribution in [0.25, 0.3) is 0 Å². The maximum atomic E-state index is 13.8. The summed E-state index contributed by atoms with van der Waals surface area (Å²) in [7, 11) is 0. The van der Waals surface area contributed by atoms with Gasteiger partial charge in [0.15, 0.2) is 17.7 Å². The van der Waals surface area contributed by atoms with Crippen LogP contribution in [0.3, 0.4) is 0 Å². The normalized spacial score (nSPS) is 16.6. The van der Waals surface area contributed by atoms with Gasteiger partial charge < -0.3 is 15.0 Å². The molecule has 0 saturated heterocycles. The van der Waals surface area contributed by atoms with Crippen molar-refractivity contribution in [2.24, 2.45) is 0 Å². The van der Waals surface area contributed by atoms with Crippen LogP contribution in [-0.2, 0) is 16.0 Å². The second-order valence-corrected chi connectivity index (χ2v) is 6.72. The molecular weight excluding hydrogens is 347 g/mol. The minimum absolute atomic E-state index is 0.00219. The zero-order valence-electron chi connectivity index (χ0n) is 15.7. The summed E-state index contributed by atoms with van der Waals surface area (Å²) in [5.41, 5.74) is 2.52. The van der Waals surface area contributed by atoms with Crippen molar-refractivity contribution < 1.29 is 18.7 Å². The van der Waals surface area contributed by atoms with E-state index in [-0.39, 0.29) is 23.6 Å². The van der Waals surface area contributed by atoms with Gasteiger partial charge in [0.2, 0.25) is 5.91 Å². The van der Waals surface area contributed by atoms with Crippen molar-refractivity contribution in [2.45, 2.75) is 45.8 Å². The van der Waals surface area contributed by atoms with Gasteiger partial charge >= 0.3 is 0 Å². The summed E-state index contributed by atoms with van der Waals surface area (Å²) in [5, 5.41) is 2.83. The number of nitrogens with zero attached hydrogens (tertiary/aromatic N) is 1. The Labute approximate surface area is 158 Å². The topological polar surface area (TPSA) is 58.6 Å². The van der Waals surface area contributed by atoms with E-state index in [2.05, 4.69) is 5.32 Å². The van der Waals surface area contributed by atoms with Gasteiger partial charge in [0.1, 0.15) is 0 Å². The van der Waals surface area contributed by atoms with E-state index in [1.54, 1.807) is 36.9 Å². The molecule has 0 saturated carbocycles. The molecule has 142 valence electrons. The number of nitrogens with one attached hydrogen (secondary N) is 1. The zero-order valence-corrected chi connectivity index (χ0v) is 15.7. The molecule has 0 spiro atoms. The number of anilines is 2. The van der Waals surface area contributed by atoms with Gasteiger partial charge in [-0.2, -0.15) is 0 Å². The summed E-state index contributed by atoms with van der Waals surface area (Å²) in [6.07, 6.45) is 0.338. The molecule has 0 unspecified atom stereocenters. The third-order valence-electron chi connectivity index (χ3n) is 4.67. The Bertz CT molecular complexity index is 868. The fourth-order valence-electron chi connectivity index (χ4n) is 3.43. The van der Waals surface area contributed by atoms with Gasteiger partial charge in [-0.3, -0.25) is 9.59 Å². The smallest absolute Gasteiger partial charge is 0.265 e. The first-order chi connectivity index (χ1) is 12.9. The number of ether oxygens (including phenoxy) is 1. The fourth-order valence-corrected chi connectivity index (χ4v) is 3.43. The Kier molecular flexibility index (Phi) is 5.44. The Hall–Kier alpha value is -2.89. The van der Waals surface area contributed by atoms with Crippen molar-refractivity contribution in [2.75, 3.05) is 10.2 Å². The Morgan fingerprint density at radius 3 is 2.70 bits per heavy atom. The van der Waals surface area contributed by atoms with Crippen molar-refractivity contribution in [1.29, 1.82) is 0 Å². The predicted octanol–water partition coefficient (Wildman–Crippen LogP) is 3.92. The lowest BCUT2D eigenvalue weighted by Gasteiger charge is -2.21. The summed E-state index contributed by atoms with van der Waals surface area (Å²) in [4.78, 5) is 26.2. The molecule has 2 aromatic rings. The van der Waals surface area contributed by atoms with E-state index in [4.69, 9.17) is 4.74 Å². The third-order valence-corrected chi connectivity index (χ3v) is 4.67. The molecule has 1 N–H and O–H groups in total. The molecule has 0 bridgehead atoms. The van der Waals surface area contributed by atoms with E-state index in [0.717, 1.165) is 17.7 Å². The molecule has 0 fully saturated rings. The SMILES string of the molecule is CC[C@H](Oc1ccccc1F)C(=O)Nc1ccc2c(c1)C[C@@H](C)N2C(C)=O. The second-order valence-electron chi connectivity index (χ2n) is 6.72. The molecular formula is C21H23FN2O3. The number of para-hydroxylation sites is 1. The first-order valence-electron chi connectivity index (χ1n) is 9.05. The van der Waals surface area contributed by atoms with Gasteiger partial charge in [-0.25, -0.2) is 4.39 Å². The van der Waals surface area contributed by atoms with Crippen molar-refractivity contribution in [1.82, 2.24) is 0 Å². The maximum Gasteiger partial charge on any atom is 0.265 e. The molecule has 2 atom stereocenters. The standard InChI is InChI=1S/C21H23FN2O3/c1-4-19(27-20-8-6-5-7-17(20)22)21(26)23-16-9-10-18-15(12-16)11-13(2)24(18)14(3)25/h5-10,12-13,19H,4,11H2,1-3H3,(H,23,26)/t13-,19+/m1/s1. The lowest BCUT2D eigenvalue weighted by molar-refractivity contribution is -0.123. The van der Waals surface area contributed by atoms with Gasteiger partial charge in [-0.15, -0.1) is 0 Å². The Balaban J connectivity index is 1.73. The average Bonchev–Trinajstić information content (AvgIpc) is 2.96. The molecule has 1 heterocycles. The van der Waals surface area contributed by atoms with E-state index in [1.165, 1.54) is 12.1 Å². The second kappa shape index (κ2) is 7.78. The molecule has 6 heteroatoms. The molecule has 0 aliphatic carbocycles. The van der Waals surface area contributed by atoms with Crippen LogP contribution in [0.15, 0.2) is 42.5 Å². The van der Waals surface area contributed by atoms with Crippen LogP contribution >= 0.6 is 0 Å². The van der Waals surface area contributed by atoms with Crippen LogP contribution in [0.5, 0.6) is 5.75 Å². The molecule has 0 aromatic heterocycles. The average molecular weight is 370 g/mol. The number of amides is 2. The molecule has 2 aromatic carbocycles. The highest BCUT2D eigenvalue weighted by Crippen LogP contribution is 2.34. The minimum Gasteiger partial charge on any atom is -0.478 e. The Morgan fingerprint density at radius 1 is 1.30 bits per heavy atom. The lowest BCUT2D eigenvalue weighted by Crippen LogP contribution is -2.33. The quantitative estimate of drug-likeness (QED) is 0.868. The van der Waals surface area contributed by atoms with Crippen LogP contribution in [0.2, 0.25) is 0 Å². The highest BCUT2D eigenvalue weighted by molar-refractivity contribution is 5.97. The highest BCUT2D eigenvalue weighted by Gasteiger charge is 2.29. The van der Waals surface area contributed by atoms with Crippen molar-refractivity contribution in [3.8, 4) is 5.75 Å². The number of fused-ring (bicyclic) bond motifs is 1. The number of hydrogen-bond acceptors (Lipinski definition) is 3. The van der Waals surface area contributed by atoms with Crippen LogP contribution in [-0.4, -0.2) is 24.0 Å². The highest BCUT2D eigenvalue weighted by atomic mass is 19.1. The van der Waals surface area contributed by atoms with Crippen LogP contribution in [0.4, 0.5) is 15.8 Å². The minimum atomic E-state index is -0.803. The number of carbonyl (C=O) groups is 2. The number of carbonyl (C=O) groups excluding carboxylic acids is 2. The van der Waals surface area contributed by atoms with Gasteiger partial charge in [0, 0.05) is 24.3 Å². The van der Waals surface area contributed by atoms with Crippen molar-refractivity contribution >= 4 is 23.2 Å². The van der Waals surface area contributed by atoms with Crippen molar-refractivity contribution in [3.05, 3.63) is 53.8 Å². The number of halogens is 1. The van der Waals surface area contributed by atoms with Gasteiger partial charge in [0.25, 0.3) is 5.91 Å². The summed E-state index contributed by atoms with van der Waals surface area (Å²) < 4.78 is 19.3. The van der Waals surface area contributed by atoms with Gasteiger partial charge in [0.05, 0.1) is 0 Å². The van der Waals surface area contributed by atoms with E-state index >= 15 is 0 Å². The third kappa shape index (κ3) is 3.94. The monoisotopic (exact) mass is 370 g/mol. The summed E-state index contributed by atoms with van der Waals surface area (Å²) in [6, 6.07) is 11.6. The number of benzene rings is 2. The molecule has 27 heavy (non-hydrogen) atoms. The van der Waals surface area contributed by atoms with Crippen LogP contribution < -0.4 is 15.0 Å². The lowest BCUT2D eigenvalue weighted by atomic mass is 10.1. The van der Waals surface area contributed by atoms with Gasteiger partial charge in [-0.05, 0) is 55.7 Å². The van der Waals surface area contributed by atoms with Gasteiger partial charge in [-0.1, -0.05) is 19.1 Å². The van der Waals surface area contributed by atoms with E-state index in [0.29, 0.717) is 12.1 Å². The molecule has 3 rings (SSSR count). The molecule has 1 aliphatic heterocycles. The number of rotatable bonds is 5. The Morgan fingerprint density at radius 2 is 2.04 bits per heavy atom. The molecule has 0 radical (unpaired) electrons.